The van der Waals surface area contributed by atoms with Gasteiger partial charge in [0, 0.05) is 6.04 Å². The van der Waals surface area contributed by atoms with Crippen LogP contribution in [0, 0.1) is 19.8 Å². The molecule has 0 spiro atoms. The lowest BCUT2D eigenvalue weighted by Gasteiger charge is -2.34. The lowest BCUT2D eigenvalue weighted by atomic mass is 9.84. The third-order valence-corrected chi connectivity index (χ3v) is 7.17. The molecule has 4 rings (SSSR count). The van der Waals surface area contributed by atoms with Gasteiger partial charge in [-0.15, -0.1) is 11.3 Å². The van der Waals surface area contributed by atoms with E-state index in [9.17, 15) is 9.59 Å². The van der Waals surface area contributed by atoms with E-state index in [0.29, 0.717) is 23.2 Å². The van der Waals surface area contributed by atoms with E-state index in [-0.39, 0.29) is 24.0 Å². The van der Waals surface area contributed by atoms with Crippen molar-refractivity contribution in [1.29, 1.82) is 0 Å². The zero-order chi connectivity index (χ0) is 20.0. The summed E-state index contributed by atoms with van der Waals surface area (Å²) in [5.41, 5.74) is 6.61. The van der Waals surface area contributed by atoms with E-state index in [4.69, 9.17) is 15.5 Å². The van der Waals surface area contributed by atoms with Gasteiger partial charge in [-0.25, -0.2) is 14.8 Å². The van der Waals surface area contributed by atoms with Crippen LogP contribution in [-0.4, -0.2) is 40.5 Å². The first-order valence-corrected chi connectivity index (χ1v) is 10.8. The van der Waals surface area contributed by atoms with E-state index in [0.717, 1.165) is 47.3 Å². The van der Waals surface area contributed by atoms with Crippen molar-refractivity contribution in [3.8, 4) is 0 Å². The number of hydrogen-bond donors (Lipinski definition) is 1. The average molecular weight is 403 g/mol. The number of aryl methyl sites for hydroxylation is 2. The molecule has 2 fully saturated rings. The maximum absolute atomic E-state index is 12.4. The number of primary amides is 1. The number of ether oxygens (including phenoxy) is 1. The Hall–Kier alpha value is -2.22. The summed E-state index contributed by atoms with van der Waals surface area (Å²) >= 11 is 1.33. The smallest absolute Gasteiger partial charge is 0.348 e. The van der Waals surface area contributed by atoms with Gasteiger partial charge in [0.15, 0.2) is 0 Å². The second kappa shape index (κ2) is 7.31. The normalized spacial score (nSPS) is 24.4. The van der Waals surface area contributed by atoms with Crippen molar-refractivity contribution in [3.63, 3.8) is 0 Å². The summed E-state index contributed by atoms with van der Waals surface area (Å²) in [6.07, 6.45) is 5.27. The van der Waals surface area contributed by atoms with Crippen LogP contribution in [0.2, 0.25) is 0 Å². The van der Waals surface area contributed by atoms with Crippen LogP contribution >= 0.6 is 11.3 Å². The minimum atomic E-state index is -0.365. The lowest BCUT2D eigenvalue weighted by molar-refractivity contribution is -0.119. The Morgan fingerprint density at radius 2 is 2.00 bits per heavy atom. The zero-order valence-electron chi connectivity index (χ0n) is 16.5. The third kappa shape index (κ3) is 3.03. The number of thiophene rings is 1. The van der Waals surface area contributed by atoms with E-state index in [1.165, 1.54) is 17.8 Å². The molecule has 3 atom stereocenters. The van der Waals surface area contributed by atoms with Gasteiger partial charge >= 0.3 is 5.97 Å². The molecule has 3 heterocycles. The molecule has 2 aromatic heterocycles. The first-order chi connectivity index (χ1) is 13.4. The van der Waals surface area contributed by atoms with Crippen molar-refractivity contribution < 1.29 is 14.3 Å². The minimum absolute atomic E-state index is 0.258. The first kappa shape index (κ1) is 19.1. The molecule has 8 heteroatoms. The van der Waals surface area contributed by atoms with Crippen molar-refractivity contribution in [2.75, 3.05) is 11.5 Å². The number of esters is 1. The molecule has 2 aromatic rings. The van der Waals surface area contributed by atoms with E-state index in [1.807, 2.05) is 13.8 Å². The van der Waals surface area contributed by atoms with Crippen molar-refractivity contribution in [1.82, 2.24) is 9.97 Å². The van der Waals surface area contributed by atoms with Crippen molar-refractivity contribution in [2.24, 2.45) is 11.7 Å². The first-order valence-electron chi connectivity index (χ1n) is 9.94. The van der Waals surface area contributed by atoms with Crippen LogP contribution in [-0.2, 0) is 9.53 Å². The highest BCUT2D eigenvalue weighted by Gasteiger charge is 2.46. The van der Waals surface area contributed by atoms with Crippen molar-refractivity contribution >= 4 is 39.2 Å². The Bertz CT molecular complexity index is 941. The molecule has 1 saturated carbocycles. The van der Waals surface area contributed by atoms with Crippen molar-refractivity contribution in [2.45, 2.75) is 65.0 Å². The quantitative estimate of drug-likeness (QED) is 0.789. The van der Waals surface area contributed by atoms with Gasteiger partial charge in [-0.2, -0.15) is 0 Å². The summed E-state index contributed by atoms with van der Waals surface area (Å²) in [6.45, 7) is 5.86. The molecule has 0 bridgehead atoms. The fraction of sp³-hybridized carbons (Fsp3) is 0.600. The lowest BCUT2D eigenvalue weighted by Crippen LogP contribution is -2.45. The average Bonchev–Trinajstić information content (AvgIpc) is 3.20. The Balaban J connectivity index is 1.89. The Morgan fingerprint density at radius 3 is 2.71 bits per heavy atom. The number of anilines is 1. The summed E-state index contributed by atoms with van der Waals surface area (Å²) in [5.74, 6) is 1.18. The number of fused-ring (bicyclic) bond motifs is 2. The molecule has 1 saturated heterocycles. The summed E-state index contributed by atoms with van der Waals surface area (Å²) < 4.78 is 5.21. The molecule has 2 N–H and O–H groups in total. The Kier molecular flexibility index (Phi) is 4.99. The number of carbonyl (C=O) groups excluding carboxylic acids is 2. The second-order valence-corrected chi connectivity index (χ2v) is 8.72. The van der Waals surface area contributed by atoms with Crippen LogP contribution in [0.4, 0.5) is 5.82 Å². The highest BCUT2D eigenvalue weighted by atomic mass is 32.1. The zero-order valence-corrected chi connectivity index (χ0v) is 17.3. The molecule has 0 radical (unpaired) electrons. The molecule has 0 aromatic carbocycles. The molecule has 0 unspecified atom stereocenters. The predicted octanol–water partition coefficient (Wildman–Crippen LogP) is 3.11. The Morgan fingerprint density at radius 1 is 1.25 bits per heavy atom. The van der Waals surface area contributed by atoms with Crippen LogP contribution in [0.5, 0.6) is 0 Å². The predicted molar refractivity (Wildman–Crippen MR) is 109 cm³/mol. The van der Waals surface area contributed by atoms with Crippen LogP contribution in [0.25, 0.3) is 10.2 Å². The highest BCUT2D eigenvalue weighted by molar-refractivity contribution is 7.20. The summed E-state index contributed by atoms with van der Waals surface area (Å²) in [5, 5.41) is 0.844. The van der Waals surface area contributed by atoms with Gasteiger partial charge in [-0.05, 0) is 51.5 Å². The standard InChI is InChI=1S/C20H26N4O3S/c1-4-27-20(26)16-10(2)15-18(22-11(3)23-19(15)28-16)24-13-8-6-5-7-12(13)9-14(24)17(21)25/h12-14H,4-9H2,1-3H3,(H2,21,25)/t12-,13+,14+/m1/s1. The van der Waals surface area contributed by atoms with Crippen LogP contribution in [0.3, 0.4) is 0 Å². The molecule has 7 nitrogen and oxygen atoms in total. The highest BCUT2D eigenvalue weighted by Crippen LogP contribution is 2.45. The fourth-order valence-corrected chi connectivity index (χ4v) is 5.93. The van der Waals surface area contributed by atoms with Crippen LogP contribution in [0.1, 0.15) is 60.1 Å². The molecular formula is C20H26N4O3S. The molecular weight excluding hydrogens is 376 g/mol. The summed E-state index contributed by atoms with van der Waals surface area (Å²) in [6, 6.07) is -0.106. The van der Waals surface area contributed by atoms with E-state index in [2.05, 4.69) is 9.88 Å². The number of aromatic nitrogens is 2. The van der Waals surface area contributed by atoms with Gasteiger partial charge in [0.1, 0.15) is 27.4 Å². The van der Waals surface area contributed by atoms with Gasteiger partial charge in [0.25, 0.3) is 0 Å². The number of hydrogen-bond acceptors (Lipinski definition) is 7. The molecule has 150 valence electrons. The number of nitrogens with two attached hydrogens (primary N) is 1. The van der Waals surface area contributed by atoms with Crippen molar-refractivity contribution in [3.05, 3.63) is 16.3 Å². The fourth-order valence-electron chi connectivity index (χ4n) is 4.82. The molecule has 28 heavy (non-hydrogen) atoms. The van der Waals surface area contributed by atoms with E-state index < -0.39 is 0 Å². The number of nitrogens with zero attached hydrogens (tertiary/aromatic N) is 3. The SMILES string of the molecule is CCOC(=O)c1sc2nc(C)nc(N3[C@H](C(N)=O)C[C@H]4CCCC[C@@H]43)c2c1C. The minimum Gasteiger partial charge on any atom is -0.462 e. The van der Waals surface area contributed by atoms with E-state index >= 15 is 0 Å². The second-order valence-electron chi connectivity index (χ2n) is 7.72. The van der Waals surface area contributed by atoms with Crippen LogP contribution in [0.15, 0.2) is 0 Å². The molecule has 2 aliphatic rings. The molecule has 1 amide bonds. The van der Waals surface area contributed by atoms with Gasteiger partial charge in [-0.3, -0.25) is 4.79 Å². The topological polar surface area (TPSA) is 98.4 Å². The van der Waals surface area contributed by atoms with Gasteiger partial charge in [0.05, 0.1) is 12.0 Å². The molecule has 1 aliphatic carbocycles. The largest absolute Gasteiger partial charge is 0.462 e. The van der Waals surface area contributed by atoms with Crippen LogP contribution < -0.4 is 10.6 Å². The molecule has 1 aliphatic heterocycles. The monoisotopic (exact) mass is 402 g/mol. The van der Waals surface area contributed by atoms with Gasteiger partial charge in [-0.1, -0.05) is 12.8 Å². The maximum atomic E-state index is 12.4. The summed E-state index contributed by atoms with van der Waals surface area (Å²) in [4.78, 5) is 37.5. The maximum Gasteiger partial charge on any atom is 0.348 e. The van der Waals surface area contributed by atoms with E-state index in [1.54, 1.807) is 6.92 Å². The Labute approximate surface area is 168 Å². The third-order valence-electron chi connectivity index (χ3n) is 6.00. The number of carbonyl (C=O) groups is 2. The number of rotatable bonds is 4. The summed E-state index contributed by atoms with van der Waals surface area (Å²) in [7, 11) is 0. The van der Waals surface area contributed by atoms with Gasteiger partial charge in [0.2, 0.25) is 5.91 Å². The number of amides is 1. The van der Waals surface area contributed by atoms with Gasteiger partial charge < -0.3 is 15.4 Å².